The Morgan fingerprint density at radius 1 is 0.615 bits per heavy atom. The van der Waals surface area contributed by atoms with Crippen LogP contribution in [0.4, 0.5) is 0 Å². The summed E-state index contributed by atoms with van der Waals surface area (Å²) < 4.78 is 0. The standard InChI is InChI=1S/C26H22/c1-19-12-14-21(15-13-19)16-17-25-24-11-7-6-10-23(24)20(2)18-26(25)22-8-4-3-5-9-22/h3-18H,1-2H3/b17-16+. The lowest BCUT2D eigenvalue weighted by molar-refractivity contribution is 1.46. The predicted molar refractivity (Wildman–Crippen MR) is 114 cm³/mol. The third-order valence-corrected chi connectivity index (χ3v) is 4.90. The molecule has 0 aliphatic rings. The minimum atomic E-state index is 1.22. The van der Waals surface area contributed by atoms with Gasteiger partial charge in [0.2, 0.25) is 0 Å². The number of fused-ring (bicyclic) bond motifs is 1. The molecule has 0 N–H and O–H groups in total. The highest BCUT2D eigenvalue weighted by Gasteiger charge is 2.09. The summed E-state index contributed by atoms with van der Waals surface area (Å²) in [6.45, 7) is 4.32. The van der Waals surface area contributed by atoms with Gasteiger partial charge in [0.05, 0.1) is 0 Å². The Kier molecular flexibility index (Phi) is 4.41. The van der Waals surface area contributed by atoms with Crippen LogP contribution in [0.1, 0.15) is 22.3 Å². The van der Waals surface area contributed by atoms with Crippen LogP contribution in [-0.4, -0.2) is 0 Å². The lowest BCUT2D eigenvalue weighted by Gasteiger charge is -2.13. The first kappa shape index (κ1) is 16.4. The van der Waals surface area contributed by atoms with Gasteiger partial charge in [-0.05, 0) is 52.4 Å². The van der Waals surface area contributed by atoms with Gasteiger partial charge in [0.15, 0.2) is 0 Å². The van der Waals surface area contributed by atoms with Gasteiger partial charge < -0.3 is 0 Å². The van der Waals surface area contributed by atoms with Crippen molar-refractivity contribution in [2.45, 2.75) is 13.8 Å². The van der Waals surface area contributed by atoms with Crippen LogP contribution < -0.4 is 0 Å². The van der Waals surface area contributed by atoms with Crippen LogP contribution in [0.25, 0.3) is 34.1 Å². The lowest BCUT2D eigenvalue weighted by atomic mass is 9.91. The Morgan fingerprint density at radius 3 is 2.00 bits per heavy atom. The summed E-state index contributed by atoms with van der Waals surface area (Å²) >= 11 is 0. The maximum absolute atomic E-state index is 2.31. The largest absolute Gasteiger partial charge is 0.0622 e. The van der Waals surface area contributed by atoms with E-state index in [1.807, 2.05) is 0 Å². The zero-order chi connectivity index (χ0) is 17.9. The SMILES string of the molecule is Cc1ccc(/C=C/c2c(-c3ccccc3)cc(C)c3ccccc23)cc1. The topological polar surface area (TPSA) is 0 Å². The average Bonchev–Trinajstić information content (AvgIpc) is 2.69. The Bertz CT molecular complexity index is 1070. The van der Waals surface area contributed by atoms with Crippen molar-refractivity contribution < 1.29 is 0 Å². The Labute approximate surface area is 155 Å². The highest BCUT2D eigenvalue weighted by atomic mass is 14.1. The van der Waals surface area contributed by atoms with Crippen molar-refractivity contribution in [1.82, 2.24) is 0 Å². The number of hydrogen-bond donors (Lipinski definition) is 0. The molecule has 26 heavy (non-hydrogen) atoms. The molecule has 0 aliphatic heterocycles. The summed E-state index contributed by atoms with van der Waals surface area (Å²) in [5.74, 6) is 0. The molecule has 0 amide bonds. The van der Waals surface area contributed by atoms with E-state index >= 15 is 0 Å². The van der Waals surface area contributed by atoms with E-state index in [0.717, 1.165) is 0 Å². The van der Waals surface area contributed by atoms with Crippen molar-refractivity contribution in [2.75, 3.05) is 0 Å². The number of aryl methyl sites for hydroxylation is 2. The van der Waals surface area contributed by atoms with Gasteiger partial charge in [0.25, 0.3) is 0 Å². The van der Waals surface area contributed by atoms with Crippen LogP contribution in [0.2, 0.25) is 0 Å². The molecule has 4 aromatic rings. The first-order chi connectivity index (χ1) is 12.7. The van der Waals surface area contributed by atoms with Crippen LogP contribution in [0.3, 0.4) is 0 Å². The second-order valence-corrected chi connectivity index (χ2v) is 6.81. The summed E-state index contributed by atoms with van der Waals surface area (Å²) in [7, 11) is 0. The van der Waals surface area contributed by atoms with Gasteiger partial charge in [0, 0.05) is 0 Å². The van der Waals surface area contributed by atoms with Crippen LogP contribution in [-0.2, 0) is 0 Å². The normalized spacial score (nSPS) is 11.3. The highest BCUT2D eigenvalue weighted by molar-refractivity contribution is 6.01. The van der Waals surface area contributed by atoms with Crippen molar-refractivity contribution in [2.24, 2.45) is 0 Å². The van der Waals surface area contributed by atoms with E-state index in [4.69, 9.17) is 0 Å². The number of rotatable bonds is 3. The van der Waals surface area contributed by atoms with Gasteiger partial charge in [-0.15, -0.1) is 0 Å². The van der Waals surface area contributed by atoms with Crippen molar-refractivity contribution >= 4 is 22.9 Å². The molecule has 0 aromatic heterocycles. The third kappa shape index (κ3) is 3.19. The maximum Gasteiger partial charge on any atom is -0.00990 e. The van der Waals surface area contributed by atoms with Gasteiger partial charge in [-0.1, -0.05) is 103 Å². The fourth-order valence-electron chi connectivity index (χ4n) is 3.47. The number of benzene rings is 4. The fourth-order valence-corrected chi connectivity index (χ4v) is 3.47. The van der Waals surface area contributed by atoms with E-state index in [1.165, 1.54) is 44.2 Å². The maximum atomic E-state index is 2.31. The van der Waals surface area contributed by atoms with Crippen LogP contribution in [0, 0.1) is 13.8 Å². The highest BCUT2D eigenvalue weighted by Crippen LogP contribution is 2.34. The van der Waals surface area contributed by atoms with Gasteiger partial charge in [-0.2, -0.15) is 0 Å². The van der Waals surface area contributed by atoms with Crippen LogP contribution >= 0.6 is 0 Å². The van der Waals surface area contributed by atoms with E-state index < -0.39 is 0 Å². The monoisotopic (exact) mass is 334 g/mol. The van der Waals surface area contributed by atoms with Gasteiger partial charge in [0.1, 0.15) is 0 Å². The molecule has 0 atom stereocenters. The molecule has 0 nitrogen and oxygen atoms in total. The molecule has 0 radical (unpaired) electrons. The Morgan fingerprint density at radius 2 is 1.27 bits per heavy atom. The summed E-state index contributed by atoms with van der Waals surface area (Å²) in [6.07, 6.45) is 4.47. The molecule has 0 bridgehead atoms. The quantitative estimate of drug-likeness (QED) is 0.345. The van der Waals surface area contributed by atoms with Gasteiger partial charge in [-0.25, -0.2) is 0 Å². The molecule has 0 saturated heterocycles. The average molecular weight is 334 g/mol. The summed E-state index contributed by atoms with van der Waals surface area (Å²) in [5, 5.41) is 2.62. The lowest BCUT2D eigenvalue weighted by Crippen LogP contribution is -1.89. The zero-order valence-electron chi connectivity index (χ0n) is 15.2. The predicted octanol–water partition coefficient (Wildman–Crippen LogP) is 7.29. The summed E-state index contributed by atoms with van der Waals surface area (Å²) in [6, 6.07) is 30.3. The van der Waals surface area contributed by atoms with E-state index in [0.29, 0.717) is 0 Å². The third-order valence-electron chi connectivity index (χ3n) is 4.90. The van der Waals surface area contributed by atoms with Crippen molar-refractivity contribution in [3.8, 4) is 11.1 Å². The minimum absolute atomic E-state index is 1.22. The molecule has 0 aliphatic carbocycles. The first-order valence-electron chi connectivity index (χ1n) is 9.05. The van der Waals surface area contributed by atoms with E-state index in [-0.39, 0.29) is 0 Å². The molecule has 0 fully saturated rings. The fraction of sp³-hybridized carbons (Fsp3) is 0.0769. The molecular formula is C26H22. The Balaban J connectivity index is 1.93. The smallest absolute Gasteiger partial charge is 0.00990 e. The number of hydrogen-bond acceptors (Lipinski definition) is 0. The molecule has 0 saturated carbocycles. The van der Waals surface area contributed by atoms with Crippen LogP contribution in [0.15, 0.2) is 84.9 Å². The van der Waals surface area contributed by atoms with Gasteiger partial charge in [-0.3, -0.25) is 0 Å². The molecule has 126 valence electrons. The minimum Gasteiger partial charge on any atom is -0.0622 e. The summed E-state index contributed by atoms with van der Waals surface area (Å²) in [4.78, 5) is 0. The Hall–Kier alpha value is -3.12. The zero-order valence-corrected chi connectivity index (χ0v) is 15.2. The summed E-state index contributed by atoms with van der Waals surface area (Å²) in [5.41, 5.74) is 7.63. The van der Waals surface area contributed by atoms with Crippen molar-refractivity contribution in [3.05, 3.63) is 107 Å². The molecule has 0 unspecified atom stereocenters. The van der Waals surface area contributed by atoms with E-state index in [1.54, 1.807) is 0 Å². The molecular weight excluding hydrogens is 312 g/mol. The second-order valence-electron chi connectivity index (χ2n) is 6.81. The molecule has 4 rings (SSSR count). The second kappa shape index (κ2) is 7.01. The molecule has 0 heteroatoms. The van der Waals surface area contributed by atoms with Crippen LogP contribution in [0.5, 0.6) is 0 Å². The van der Waals surface area contributed by atoms with E-state index in [2.05, 4.69) is 111 Å². The van der Waals surface area contributed by atoms with Crippen molar-refractivity contribution in [1.29, 1.82) is 0 Å². The molecule has 0 heterocycles. The van der Waals surface area contributed by atoms with Gasteiger partial charge >= 0.3 is 0 Å². The van der Waals surface area contributed by atoms with E-state index in [9.17, 15) is 0 Å². The van der Waals surface area contributed by atoms with Crippen molar-refractivity contribution in [3.63, 3.8) is 0 Å². The molecule has 0 spiro atoms. The molecule has 4 aromatic carbocycles. The first-order valence-corrected chi connectivity index (χ1v) is 9.05.